The van der Waals surface area contributed by atoms with Gasteiger partial charge in [-0.15, -0.1) is 0 Å². The molecule has 0 fully saturated rings. The molecule has 0 amide bonds. The van der Waals surface area contributed by atoms with Gasteiger partial charge in [0.25, 0.3) is 0 Å². The Labute approximate surface area is 86.8 Å². The van der Waals surface area contributed by atoms with Gasteiger partial charge in [-0.1, -0.05) is 56.0 Å². The van der Waals surface area contributed by atoms with Crippen molar-refractivity contribution in [2.75, 3.05) is 0 Å². The van der Waals surface area contributed by atoms with Crippen LogP contribution >= 0.6 is 0 Å². The number of aryl methyl sites for hydroxylation is 1. The van der Waals surface area contributed by atoms with Gasteiger partial charge in [0.1, 0.15) is 0 Å². The lowest BCUT2D eigenvalue weighted by Gasteiger charge is -2.10. The van der Waals surface area contributed by atoms with Gasteiger partial charge in [-0.3, -0.25) is 0 Å². The summed E-state index contributed by atoms with van der Waals surface area (Å²) in [5, 5.41) is 9.87. The monoisotopic (exact) mass is 192 g/mol. The Morgan fingerprint density at radius 2 is 2.07 bits per heavy atom. The van der Waals surface area contributed by atoms with Crippen molar-refractivity contribution < 1.29 is 5.11 Å². The zero-order valence-electron chi connectivity index (χ0n) is 9.16. The standard InChI is InChI=1S/C13H20O/c1-3-4-5-9-13(14)12-8-6-7-11(2)10-12/h6-8,10,13-14H,3-5,9H2,1-2H3. The number of aliphatic hydroxyl groups is 1. The molecule has 78 valence electrons. The van der Waals surface area contributed by atoms with Gasteiger partial charge in [-0.25, -0.2) is 0 Å². The summed E-state index contributed by atoms with van der Waals surface area (Å²) in [5.41, 5.74) is 2.28. The Morgan fingerprint density at radius 3 is 2.71 bits per heavy atom. The first-order valence-electron chi connectivity index (χ1n) is 5.48. The molecule has 0 aliphatic carbocycles. The highest BCUT2D eigenvalue weighted by Gasteiger charge is 2.06. The quantitative estimate of drug-likeness (QED) is 0.707. The molecule has 1 N–H and O–H groups in total. The first-order valence-corrected chi connectivity index (χ1v) is 5.48. The molecule has 1 atom stereocenters. The highest BCUT2D eigenvalue weighted by molar-refractivity contribution is 5.23. The Bertz CT molecular complexity index is 268. The van der Waals surface area contributed by atoms with Crippen LogP contribution < -0.4 is 0 Å². The average molecular weight is 192 g/mol. The van der Waals surface area contributed by atoms with Crippen molar-refractivity contribution in [1.82, 2.24) is 0 Å². The minimum atomic E-state index is -0.276. The summed E-state index contributed by atoms with van der Waals surface area (Å²) in [6.45, 7) is 4.24. The van der Waals surface area contributed by atoms with E-state index in [1.807, 2.05) is 12.1 Å². The molecule has 0 aliphatic rings. The zero-order valence-corrected chi connectivity index (χ0v) is 9.16. The molecule has 0 aliphatic heterocycles. The summed E-state index contributed by atoms with van der Waals surface area (Å²) in [7, 11) is 0. The van der Waals surface area contributed by atoms with Crippen LogP contribution in [0.5, 0.6) is 0 Å². The van der Waals surface area contributed by atoms with E-state index >= 15 is 0 Å². The topological polar surface area (TPSA) is 20.2 Å². The second-order valence-electron chi connectivity index (χ2n) is 3.93. The third-order valence-electron chi connectivity index (χ3n) is 2.51. The van der Waals surface area contributed by atoms with E-state index in [1.165, 1.54) is 18.4 Å². The van der Waals surface area contributed by atoms with Gasteiger partial charge in [0, 0.05) is 0 Å². The minimum Gasteiger partial charge on any atom is -0.388 e. The second kappa shape index (κ2) is 5.82. The van der Waals surface area contributed by atoms with E-state index in [0.717, 1.165) is 18.4 Å². The first-order chi connectivity index (χ1) is 6.74. The van der Waals surface area contributed by atoms with E-state index < -0.39 is 0 Å². The van der Waals surface area contributed by atoms with E-state index in [2.05, 4.69) is 26.0 Å². The molecule has 0 aromatic heterocycles. The fourth-order valence-electron chi connectivity index (χ4n) is 1.63. The largest absolute Gasteiger partial charge is 0.388 e. The fourth-order valence-corrected chi connectivity index (χ4v) is 1.63. The lowest BCUT2D eigenvalue weighted by molar-refractivity contribution is 0.163. The van der Waals surface area contributed by atoms with Crippen LogP contribution in [-0.4, -0.2) is 5.11 Å². The van der Waals surface area contributed by atoms with Crippen LogP contribution in [0, 0.1) is 6.92 Å². The summed E-state index contributed by atoms with van der Waals surface area (Å²) in [6, 6.07) is 8.14. The smallest absolute Gasteiger partial charge is 0.0790 e. The molecule has 0 spiro atoms. The molecule has 0 bridgehead atoms. The first kappa shape index (κ1) is 11.3. The van der Waals surface area contributed by atoms with Gasteiger partial charge in [0.2, 0.25) is 0 Å². The SMILES string of the molecule is CCCCCC(O)c1cccc(C)c1. The summed E-state index contributed by atoms with van der Waals surface area (Å²) in [6.07, 6.45) is 4.15. The van der Waals surface area contributed by atoms with Crippen molar-refractivity contribution >= 4 is 0 Å². The number of unbranched alkanes of at least 4 members (excludes halogenated alkanes) is 2. The number of aliphatic hydroxyl groups excluding tert-OH is 1. The maximum Gasteiger partial charge on any atom is 0.0790 e. The van der Waals surface area contributed by atoms with Crippen LogP contribution in [0.15, 0.2) is 24.3 Å². The normalized spacial score (nSPS) is 12.8. The van der Waals surface area contributed by atoms with E-state index in [4.69, 9.17) is 0 Å². The van der Waals surface area contributed by atoms with Crippen LogP contribution in [0.2, 0.25) is 0 Å². The Morgan fingerprint density at radius 1 is 1.29 bits per heavy atom. The van der Waals surface area contributed by atoms with Crippen LogP contribution in [0.3, 0.4) is 0 Å². The molecular formula is C13H20O. The summed E-state index contributed by atoms with van der Waals surface area (Å²) in [5.74, 6) is 0. The Hall–Kier alpha value is -0.820. The molecule has 0 saturated carbocycles. The third-order valence-corrected chi connectivity index (χ3v) is 2.51. The molecular weight excluding hydrogens is 172 g/mol. The maximum absolute atomic E-state index is 9.87. The number of rotatable bonds is 5. The summed E-state index contributed by atoms with van der Waals surface area (Å²) >= 11 is 0. The molecule has 1 heteroatoms. The molecule has 1 nitrogen and oxygen atoms in total. The molecule has 1 rings (SSSR count). The van der Waals surface area contributed by atoms with E-state index in [0.29, 0.717) is 0 Å². The molecule has 1 aromatic carbocycles. The molecule has 1 aromatic rings. The van der Waals surface area contributed by atoms with Gasteiger partial charge in [-0.05, 0) is 18.9 Å². The van der Waals surface area contributed by atoms with Crippen LogP contribution in [-0.2, 0) is 0 Å². The highest BCUT2D eigenvalue weighted by Crippen LogP contribution is 2.20. The maximum atomic E-state index is 9.87. The summed E-state index contributed by atoms with van der Waals surface area (Å²) in [4.78, 5) is 0. The van der Waals surface area contributed by atoms with Crippen LogP contribution in [0.25, 0.3) is 0 Å². The van der Waals surface area contributed by atoms with Gasteiger partial charge in [-0.2, -0.15) is 0 Å². The molecule has 0 radical (unpaired) electrons. The molecule has 0 saturated heterocycles. The van der Waals surface area contributed by atoms with E-state index in [1.54, 1.807) is 0 Å². The number of hydrogen-bond donors (Lipinski definition) is 1. The van der Waals surface area contributed by atoms with Crippen molar-refractivity contribution in [3.63, 3.8) is 0 Å². The predicted octanol–water partition coefficient (Wildman–Crippen LogP) is 3.61. The molecule has 1 unspecified atom stereocenters. The lowest BCUT2D eigenvalue weighted by Crippen LogP contribution is -1.97. The highest BCUT2D eigenvalue weighted by atomic mass is 16.3. The van der Waals surface area contributed by atoms with E-state index in [9.17, 15) is 5.11 Å². The van der Waals surface area contributed by atoms with Crippen molar-refractivity contribution in [1.29, 1.82) is 0 Å². The molecule has 0 heterocycles. The van der Waals surface area contributed by atoms with Crippen molar-refractivity contribution in [2.24, 2.45) is 0 Å². The van der Waals surface area contributed by atoms with Gasteiger partial charge < -0.3 is 5.11 Å². The lowest BCUT2D eigenvalue weighted by atomic mass is 10.0. The summed E-state index contributed by atoms with van der Waals surface area (Å²) < 4.78 is 0. The van der Waals surface area contributed by atoms with Gasteiger partial charge in [0.05, 0.1) is 6.10 Å². The van der Waals surface area contributed by atoms with Gasteiger partial charge in [0.15, 0.2) is 0 Å². The minimum absolute atomic E-state index is 0.276. The van der Waals surface area contributed by atoms with Crippen molar-refractivity contribution in [3.05, 3.63) is 35.4 Å². The third kappa shape index (κ3) is 3.51. The average Bonchev–Trinajstić information content (AvgIpc) is 2.18. The number of hydrogen-bond acceptors (Lipinski definition) is 1. The van der Waals surface area contributed by atoms with Crippen LogP contribution in [0.1, 0.15) is 49.8 Å². The van der Waals surface area contributed by atoms with Gasteiger partial charge >= 0.3 is 0 Å². The molecule has 14 heavy (non-hydrogen) atoms. The predicted molar refractivity (Wildman–Crippen MR) is 60.3 cm³/mol. The van der Waals surface area contributed by atoms with Crippen molar-refractivity contribution in [3.8, 4) is 0 Å². The zero-order chi connectivity index (χ0) is 10.4. The Kier molecular flexibility index (Phi) is 4.68. The van der Waals surface area contributed by atoms with Crippen LogP contribution in [0.4, 0.5) is 0 Å². The van der Waals surface area contributed by atoms with E-state index in [-0.39, 0.29) is 6.10 Å². The second-order valence-corrected chi connectivity index (χ2v) is 3.93. The van der Waals surface area contributed by atoms with Crippen molar-refractivity contribution in [2.45, 2.75) is 45.6 Å². The Balaban J connectivity index is 2.47. The number of benzene rings is 1. The fraction of sp³-hybridized carbons (Fsp3) is 0.538.